The van der Waals surface area contributed by atoms with Crippen molar-refractivity contribution in [1.29, 1.82) is 0 Å². The third kappa shape index (κ3) is 3.26. The lowest BCUT2D eigenvalue weighted by atomic mass is 9.50. The van der Waals surface area contributed by atoms with E-state index < -0.39 is 0 Å². The number of aliphatic hydroxyl groups is 1. The van der Waals surface area contributed by atoms with E-state index in [2.05, 4.69) is 58.9 Å². The van der Waals surface area contributed by atoms with Gasteiger partial charge in [0.1, 0.15) is 0 Å². The van der Waals surface area contributed by atoms with Crippen molar-refractivity contribution in [3.8, 4) is 0 Å². The molecule has 4 aliphatic rings. The Morgan fingerprint density at radius 3 is 2.57 bits per heavy atom. The molecule has 7 atom stereocenters. The number of aliphatic hydroxyl groups excluding tert-OH is 1. The number of allylic oxidation sites excluding steroid dienone is 5. The molecule has 0 spiro atoms. The van der Waals surface area contributed by atoms with Crippen LogP contribution in [-0.4, -0.2) is 11.2 Å². The molecule has 0 bridgehead atoms. The van der Waals surface area contributed by atoms with Crippen molar-refractivity contribution >= 4 is 0 Å². The van der Waals surface area contributed by atoms with E-state index in [1.54, 1.807) is 5.57 Å². The molecule has 4 aliphatic carbocycles. The SMILES string of the molecule is CC(C)C/C=C/[C@@H](C)C1CCC2C3=CC=C4C[C@@H](O)CC[C@]4(C)C3CC[C@@]21C. The van der Waals surface area contributed by atoms with Gasteiger partial charge in [0.05, 0.1) is 6.10 Å². The molecule has 0 aromatic carbocycles. The van der Waals surface area contributed by atoms with Gasteiger partial charge in [-0.15, -0.1) is 0 Å². The van der Waals surface area contributed by atoms with Gasteiger partial charge in [0, 0.05) is 0 Å². The Morgan fingerprint density at radius 1 is 1.04 bits per heavy atom. The summed E-state index contributed by atoms with van der Waals surface area (Å²) in [6.45, 7) is 12.2. The standard InChI is InChI=1S/C27H42O/c1-18(2)7-6-8-19(3)23-11-12-24-22-10-9-20-17-21(28)13-15-26(20,4)25(22)14-16-27(23,24)5/h6,8-10,18-19,21,23-25,28H,7,11-17H2,1-5H3/b8-6+/t19-,21+,23?,24?,25?,26+,27-/m1/s1. The van der Waals surface area contributed by atoms with Gasteiger partial charge in [-0.1, -0.05) is 70.1 Å². The van der Waals surface area contributed by atoms with Crippen LogP contribution in [0.3, 0.4) is 0 Å². The van der Waals surface area contributed by atoms with E-state index in [9.17, 15) is 5.11 Å². The van der Waals surface area contributed by atoms with E-state index in [4.69, 9.17) is 0 Å². The smallest absolute Gasteiger partial charge is 0.0578 e. The minimum atomic E-state index is -0.113. The van der Waals surface area contributed by atoms with Crippen LogP contribution in [0, 0.1) is 40.4 Å². The lowest BCUT2D eigenvalue weighted by Crippen LogP contribution is -2.46. The second-order valence-corrected chi connectivity index (χ2v) is 11.4. The molecule has 3 saturated carbocycles. The van der Waals surface area contributed by atoms with Crippen LogP contribution in [0.2, 0.25) is 0 Å². The summed E-state index contributed by atoms with van der Waals surface area (Å²) in [5.74, 6) is 3.78. The lowest BCUT2D eigenvalue weighted by Gasteiger charge is -2.55. The summed E-state index contributed by atoms with van der Waals surface area (Å²) >= 11 is 0. The van der Waals surface area contributed by atoms with Crippen molar-refractivity contribution in [3.05, 3.63) is 35.5 Å². The van der Waals surface area contributed by atoms with Crippen LogP contribution in [0.15, 0.2) is 35.5 Å². The van der Waals surface area contributed by atoms with E-state index in [0.717, 1.165) is 36.5 Å². The summed E-state index contributed by atoms with van der Waals surface area (Å²) in [6.07, 6.45) is 19.6. The zero-order valence-electron chi connectivity index (χ0n) is 18.9. The van der Waals surface area contributed by atoms with Crippen molar-refractivity contribution in [2.45, 2.75) is 92.1 Å². The van der Waals surface area contributed by atoms with Crippen LogP contribution in [0.1, 0.15) is 86.0 Å². The molecule has 4 rings (SSSR count). The Hall–Kier alpha value is -0.820. The van der Waals surface area contributed by atoms with Gasteiger partial charge in [0.15, 0.2) is 0 Å². The molecule has 28 heavy (non-hydrogen) atoms. The van der Waals surface area contributed by atoms with Crippen LogP contribution < -0.4 is 0 Å². The minimum Gasteiger partial charge on any atom is -0.393 e. The highest BCUT2D eigenvalue weighted by Crippen LogP contribution is 2.65. The highest BCUT2D eigenvalue weighted by atomic mass is 16.3. The van der Waals surface area contributed by atoms with E-state index in [0.29, 0.717) is 16.7 Å². The van der Waals surface area contributed by atoms with E-state index >= 15 is 0 Å². The first kappa shape index (κ1) is 20.5. The van der Waals surface area contributed by atoms with Crippen molar-refractivity contribution < 1.29 is 5.11 Å². The van der Waals surface area contributed by atoms with Crippen molar-refractivity contribution in [1.82, 2.24) is 0 Å². The summed E-state index contributed by atoms with van der Waals surface area (Å²) in [7, 11) is 0. The average molecular weight is 383 g/mol. The maximum absolute atomic E-state index is 10.2. The van der Waals surface area contributed by atoms with Gasteiger partial charge in [0.2, 0.25) is 0 Å². The molecule has 0 aromatic rings. The quantitative estimate of drug-likeness (QED) is 0.515. The average Bonchev–Trinajstić information content (AvgIpc) is 2.99. The fourth-order valence-electron chi connectivity index (χ4n) is 7.59. The maximum atomic E-state index is 10.2. The molecule has 1 nitrogen and oxygen atoms in total. The van der Waals surface area contributed by atoms with Gasteiger partial charge >= 0.3 is 0 Å². The number of rotatable bonds is 4. The molecule has 0 radical (unpaired) electrons. The largest absolute Gasteiger partial charge is 0.393 e. The topological polar surface area (TPSA) is 20.2 Å². The molecule has 0 aliphatic heterocycles. The molecule has 1 heteroatoms. The normalized spacial score (nSPS) is 44.0. The predicted molar refractivity (Wildman–Crippen MR) is 119 cm³/mol. The van der Waals surface area contributed by atoms with Crippen molar-refractivity contribution in [3.63, 3.8) is 0 Å². The number of hydrogen-bond donors (Lipinski definition) is 1. The first-order chi connectivity index (χ1) is 13.3. The summed E-state index contributed by atoms with van der Waals surface area (Å²) in [4.78, 5) is 0. The Balaban J connectivity index is 1.57. The first-order valence-electron chi connectivity index (χ1n) is 12.0. The highest BCUT2D eigenvalue weighted by Gasteiger charge is 2.56. The van der Waals surface area contributed by atoms with Crippen LogP contribution in [0.5, 0.6) is 0 Å². The van der Waals surface area contributed by atoms with Gasteiger partial charge in [0.25, 0.3) is 0 Å². The summed E-state index contributed by atoms with van der Waals surface area (Å²) in [6, 6.07) is 0. The van der Waals surface area contributed by atoms with Crippen molar-refractivity contribution in [2.75, 3.05) is 0 Å². The van der Waals surface area contributed by atoms with Gasteiger partial charge in [-0.3, -0.25) is 0 Å². The summed E-state index contributed by atoms with van der Waals surface area (Å²) < 4.78 is 0. The predicted octanol–water partition coefficient (Wildman–Crippen LogP) is 7.08. The van der Waals surface area contributed by atoms with E-state index in [-0.39, 0.29) is 6.10 Å². The molecule has 156 valence electrons. The lowest BCUT2D eigenvalue weighted by molar-refractivity contribution is 0.0383. The Labute approximate surface area is 173 Å². The molecule has 0 amide bonds. The third-order valence-electron chi connectivity index (χ3n) is 9.30. The van der Waals surface area contributed by atoms with Crippen molar-refractivity contribution in [2.24, 2.45) is 40.4 Å². The molecule has 1 N–H and O–H groups in total. The molecular formula is C27H42O. The zero-order valence-corrected chi connectivity index (χ0v) is 18.9. The maximum Gasteiger partial charge on any atom is 0.0578 e. The molecular weight excluding hydrogens is 340 g/mol. The number of fused-ring (bicyclic) bond motifs is 5. The second-order valence-electron chi connectivity index (χ2n) is 11.4. The van der Waals surface area contributed by atoms with Gasteiger partial charge < -0.3 is 5.11 Å². The Kier molecular flexibility index (Phi) is 5.45. The Bertz CT molecular complexity index is 682. The van der Waals surface area contributed by atoms with Gasteiger partial charge in [-0.2, -0.15) is 0 Å². The Morgan fingerprint density at radius 2 is 1.82 bits per heavy atom. The first-order valence-corrected chi connectivity index (χ1v) is 12.0. The monoisotopic (exact) mass is 382 g/mol. The fourth-order valence-corrected chi connectivity index (χ4v) is 7.59. The summed E-state index contributed by atoms with van der Waals surface area (Å²) in [5.41, 5.74) is 4.09. The highest BCUT2D eigenvalue weighted by molar-refractivity contribution is 5.39. The third-order valence-corrected chi connectivity index (χ3v) is 9.30. The van der Waals surface area contributed by atoms with E-state index in [1.807, 2.05) is 0 Å². The second kappa shape index (κ2) is 7.46. The van der Waals surface area contributed by atoms with Crippen LogP contribution in [-0.2, 0) is 0 Å². The minimum absolute atomic E-state index is 0.113. The van der Waals surface area contributed by atoms with Gasteiger partial charge in [-0.05, 0) is 91.8 Å². The zero-order chi connectivity index (χ0) is 20.1. The van der Waals surface area contributed by atoms with Gasteiger partial charge in [-0.25, -0.2) is 0 Å². The molecule has 3 fully saturated rings. The molecule has 0 aromatic heterocycles. The fraction of sp³-hybridized carbons (Fsp3) is 0.778. The van der Waals surface area contributed by atoms with E-state index in [1.165, 1.54) is 44.1 Å². The van der Waals surface area contributed by atoms with Crippen LogP contribution in [0.25, 0.3) is 0 Å². The van der Waals surface area contributed by atoms with Crippen LogP contribution >= 0.6 is 0 Å². The number of hydrogen-bond acceptors (Lipinski definition) is 1. The molecule has 0 saturated heterocycles. The van der Waals surface area contributed by atoms with Crippen LogP contribution in [0.4, 0.5) is 0 Å². The summed E-state index contributed by atoms with van der Waals surface area (Å²) in [5, 5.41) is 10.2. The molecule has 3 unspecified atom stereocenters. The molecule has 0 heterocycles.